The van der Waals surface area contributed by atoms with Gasteiger partial charge in [-0.05, 0) is 122 Å². The second kappa shape index (κ2) is 12.9. The zero-order valence-electron chi connectivity index (χ0n) is 32.2. The van der Waals surface area contributed by atoms with Gasteiger partial charge in [-0.1, -0.05) is 199 Å². The normalized spacial score (nSPS) is 12.3. The van der Waals surface area contributed by atoms with Crippen LogP contribution in [0.5, 0.6) is 0 Å². The first kappa shape index (κ1) is 33.8. The van der Waals surface area contributed by atoms with Crippen molar-refractivity contribution in [2.45, 2.75) is 52.4 Å². The Labute approximate surface area is 319 Å². The van der Waals surface area contributed by atoms with Gasteiger partial charge in [0.25, 0.3) is 0 Å². The Bertz CT molecular complexity index is 2680. The molecule has 0 aliphatic heterocycles. The Balaban J connectivity index is 1.48. The molecule has 0 saturated carbocycles. The van der Waals surface area contributed by atoms with Crippen molar-refractivity contribution in [2.75, 3.05) is 0 Å². The summed E-state index contributed by atoms with van der Waals surface area (Å²) < 4.78 is 0. The molecule has 0 atom stereocenters. The van der Waals surface area contributed by atoms with Crippen molar-refractivity contribution in [1.29, 1.82) is 0 Å². The number of hydrogen-bond acceptors (Lipinski definition) is 0. The SMILES string of the molecule is CC(C)(C)c1ccccc1-c1c2ccc(-c3cccc4ccccc34)cc2c(-c2ccccc2C(C)(C)C)c2ccc(-c3cccc4ccccc34)cc12. The van der Waals surface area contributed by atoms with Crippen LogP contribution in [0.4, 0.5) is 0 Å². The Kier molecular flexibility index (Phi) is 8.05. The minimum Gasteiger partial charge on any atom is -0.0619 e. The second-order valence-electron chi connectivity index (χ2n) is 16.9. The van der Waals surface area contributed by atoms with Gasteiger partial charge in [0.05, 0.1) is 0 Å². The lowest BCUT2D eigenvalue weighted by atomic mass is 9.76. The highest BCUT2D eigenvalue weighted by Gasteiger charge is 2.26. The van der Waals surface area contributed by atoms with Crippen molar-refractivity contribution in [3.05, 3.63) is 181 Å². The predicted molar refractivity (Wildman–Crippen MR) is 236 cm³/mol. The van der Waals surface area contributed by atoms with E-state index in [1.54, 1.807) is 0 Å². The van der Waals surface area contributed by atoms with E-state index < -0.39 is 0 Å². The fourth-order valence-electron chi connectivity index (χ4n) is 8.81. The molecule has 0 N–H and O–H groups in total. The molecule has 0 amide bonds. The summed E-state index contributed by atoms with van der Waals surface area (Å²) in [5.41, 5.74) is 12.8. The maximum absolute atomic E-state index is 2.48. The van der Waals surface area contributed by atoms with E-state index in [0.717, 1.165) is 0 Å². The summed E-state index contributed by atoms with van der Waals surface area (Å²) in [6.07, 6.45) is 0. The summed E-state index contributed by atoms with van der Waals surface area (Å²) in [5.74, 6) is 0. The Morgan fingerprint density at radius 1 is 0.278 bits per heavy atom. The molecule has 0 radical (unpaired) electrons. The van der Waals surface area contributed by atoms with Crippen molar-refractivity contribution in [1.82, 2.24) is 0 Å². The number of fused-ring (bicyclic) bond motifs is 4. The van der Waals surface area contributed by atoms with Crippen LogP contribution < -0.4 is 0 Å². The zero-order valence-corrected chi connectivity index (χ0v) is 32.2. The third-order valence-corrected chi connectivity index (χ3v) is 11.3. The molecule has 0 unspecified atom stereocenters. The standard InChI is InChI=1S/C54H46/c1-53(2,3)49-27-13-11-23-45(49)51-43-31-29-38(42-26-16-20-36-18-8-10-22-40(36)42)34-48(43)52(46-24-12-14-28-50(46)54(4,5)6)44-32-30-37(33-47(44)51)41-25-15-19-35-17-7-9-21-39(35)41/h7-34H,1-6H3. The minimum absolute atomic E-state index is 0.0527. The lowest BCUT2D eigenvalue weighted by molar-refractivity contribution is 0.592. The minimum atomic E-state index is -0.0527. The molecular formula is C54H46. The molecule has 0 spiro atoms. The van der Waals surface area contributed by atoms with E-state index in [2.05, 4.69) is 211 Å². The molecule has 0 nitrogen and oxygen atoms in total. The predicted octanol–water partition coefficient (Wildman–Crippen LogP) is 15.6. The van der Waals surface area contributed by atoms with E-state index in [4.69, 9.17) is 0 Å². The van der Waals surface area contributed by atoms with Gasteiger partial charge in [-0.15, -0.1) is 0 Å². The van der Waals surface area contributed by atoms with Gasteiger partial charge < -0.3 is 0 Å². The Morgan fingerprint density at radius 2 is 0.630 bits per heavy atom. The fourth-order valence-corrected chi connectivity index (χ4v) is 8.81. The van der Waals surface area contributed by atoms with Crippen molar-refractivity contribution in [3.8, 4) is 44.5 Å². The van der Waals surface area contributed by atoms with Crippen LogP contribution in [0, 0.1) is 0 Å². The maximum Gasteiger partial charge on any atom is -0.00232 e. The molecule has 9 aromatic carbocycles. The van der Waals surface area contributed by atoms with Gasteiger partial charge in [-0.2, -0.15) is 0 Å². The van der Waals surface area contributed by atoms with Crippen molar-refractivity contribution >= 4 is 43.1 Å². The average molecular weight is 695 g/mol. The Morgan fingerprint density at radius 3 is 1.06 bits per heavy atom. The molecule has 0 heterocycles. The van der Waals surface area contributed by atoms with Gasteiger partial charge in [-0.3, -0.25) is 0 Å². The van der Waals surface area contributed by atoms with Gasteiger partial charge in [0.15, 0.2) is 0 Å². The van der Waals surface area contributed by atoms with Gasteiger partial charge in [0, 0.05) is 0 Å². The topological polar surface area (TPSA) is 0 Å². The van der Waals surface area contributed by atoms with E-state index >= 15 is 0 Å². The monoisotopic (exact) mass is 694 g/mol. The van der Waals surface area contributed by atoms with Gasteiger partial charge in [0.1, 0.15) is 0 Å². The Hall–Kier alpha value is -5.98. The first-order chi connectivity index (χ1) is 26.1. The molecule has 0 aromatic heterocycles. The molecule has 0 heteroatoms. The summed E-state index contributed by atoms with van der Waals surface area (Å²) in [6, 6.07) is 63.5. The molecule has 0 fully saturated rings. The molecule has 0 bridgehead atoms. The van der Waals surface area contributed by atoms with Crippen LogP contribution in [0.3, 0.4) is 0 Å². The van der Waals surface area contributed by atoms with Crippen LogP contribution in [0.2, 0.25) is 0 Å². The first-order valence-corrected chi connectivity index (χ1v) is 19.3. The average Bonchev–Trinajstić information content (AvgIpc) is 3.18. The molecule has 262 valence electrons. The van der Waals surface area contributed by atoms with Gasteiger partial charge >= 0.3 is 0 Å². The quantitative estimate of drug-likeness (QED) is 0.161. The molecule has 0 aliphatic carbocycles. The number of hydrogen-bond donors (Lipinski definition) is 0. The second-order valence-corrected chi connectivity index (χ2v) is 16.9. The summed E-state index contributed by atoms with van der Waals surface area (Å²) in [7, 11) is 0. The van der Waals surface area contributed by atoms with Crippen LogP contribution in [0.15, 0.2) is 170 Å². The zero-order chi connectivity index (χ0) is 37.2. The van der Waals surface area contributed by atoms with Crippen LogP contribution in [-0.2, 0) is 10.8 Å². The van der Waals surface area contributed by atoms with E-state index in [1.807, 2.05) is 0 Å². The van der Waals surface area contributed by atoms with E-state index in [0.29, 0.717) is 0 Å². The third-order valence-electron chi connectivity index (χ3n) is 11.3. The number of rotatable bonds is 4. The summed E-state index contributed by atoms with van der Waals surface area (Å²) in [5, 5.41) is 10.2. The molecule has 0 saturated heterocycles. The van der Waals surface area contributed by atoms with E-state index in [1.165, 1.54) is 98.7 Å². The van der Waals surface area contributed by atoms with Gasteiger partial charge in [0.2, 0.25) is 0 Å². The van der Waals surface area contributed by atoms with E-state index in [-0.39, 0.29) is 10.8 Å². The molecule has 54 heavy (non-hydrogen) atoms. The summed E-state index contributed by atoms with van der Waals surface area (Å²) in [4.78, 5) is 0. The van der Waals surface area contributed by atoms with Crippen molar-refractivity contribution in [2.24, 2.45) is 0 Å². The lowest BCUT2D eigenvalue weighted by Crippen LogP contribution is -2.13. The van der Waals surface area contributed by atoms with Gasteiger partial charge in [-0.25, -0.2) is 0 Å². The fraction of sp³-hybridized carbons (Fsp3) is 0.148. The largest absolute Gasteiger partial charge is 0.0619 e. The van der Waals surface area contributed by atoms with Crippen molar-refractivity contribution in [3.63, 3.8) is 0 Å². The number of benzene rings is 9. The third kappa shape index (κ3) is 5.69. The molecule has 9 aromatic rings. The molecule has 0 aliphatic rings. The first-order valence-electron chi connectivity index (χ1n) is 19.3. The summed E-state index contributed by atoms with van der Waals surface area (Å²) >= 11 is 0. The van der Waals surface area contributed by atoms with Crippen LogP contribution >= 0.6 is 0 Å². The lowest BCUT2D eigenvalue weighted by Gasteiger charge is -2.28. The van der Waals surface area contributed by atoms with Crippen LogP contribution in [-0.4, -0.2) is 0 Å². The highest BCUT2D eigenvalue weighted by atomic mass is 14.3. The van der Waals surface area contributed by atoms with Crippen LogP contribution in [0.25, 0.3) is 87.6 Å². The van der Waals surface area contributed by atoms with Crippen LogP contribution in [0.1, 0.15) is 52.7 Å². The molecule has 9 rings (SSSR count). The maximum atomic E-state index is 2.48. The van der Waals surface area contributed by atoms with E-state index in [9.17, 15) is 0 Å². The molecular weight excluding hydrogens is 649 g/mol. The van der Waals surface area contributed by atoms with Crippen molar-refractivity contribution < 1.29 is 0 Å². The smallest absolute Gasteiger partial charge is 0.00232 e. The highest BCUT2D eigenvalue weighted by molar-refractivity contribution is 6.23. The highest BCUT2D eigenvalue weighted by Crippen LogP contribution is 2.50. The summed E-state index contributed by atoms with van der Waals surface area (Å²) in [6.45, 7) is 14.0.